The number of nitrogen functional groups attached to an aromatic ring is 1. The van der Waals surface area contributed by atoms with Crippen LogP contribution in [0.25, 0.3) is 11.3 Å². The van der Waals surface area contributed by atoms with Crippen LogP contribution < -0.4 is 10.5 Å². The summed E-state index contributed by atoms with van der Waals surface area (Å²) in [6.07, 6.45) is 1.06. The van der Waals surface area contributed by atoms with Crippen LogP contribution in [0, 0.1) is 5.92 Å². The van der Waals surface area contributed by atoms with Crippen LogP contribution in [0.15, 0.2) is 29.6 Å². The molecule has 0 bridgehead atoms. The van der Waals surface area contributed by atoms with E-state index in [0.717, 1.165) is 30.0 Å². The van der Waals surface area contributed by atoms with Crippen molar-refractivity contribution in [1.82, 2.24) is 4.98 Å². The molecule has 1 aromatic carbocycles. The van der Waals surface area contributed by atoms with E-state index in [2.05, 4.69) is 18.8 Å². The molecule has 4 heteroatoms. The summed E-state index contributed by atoms with van der Waals surface area (Å²) in [6, 6.07) is 7.98. The Morgan fingerprint density at radius 1 is 1.39 bits per heavy atom. The lowest BCUT2D eigenvalue weighted by Crippen LogP contribution is -2.01. The van der Waals surface area contributed by atoms with E-state index in [4.69, 9.17) is 10.5 Å². The number of benzene rings is 1. The monoisotopic (exact) mass is 262 g/mol. The molecule has 0 unspecified atom stereocenters. The zero-order valence-corrected chi connectivity index (χ0v) is 11.5. The smallest absolute Gasteiger partial charge is 0.180 e. The summed E-state index contributed by atoms with van der Waals surface area (Å²) in [5.41, 5.74) is 7.60. The number of thiazole rings is 1. The Morgan fingerprint density at radius 2 is 2.22 bits per heavy atom. The highest BCUT2D eigenvalue weighted by atomic mass is 32.1. The van der Waals surface area contributed by atoms with Gasteiger partial charge in [-0.05, 0) is 24.5 Å². The molecule has 0 aliphatic carbocycles. The van der Waals surface area contributed by atoms with Crippen LogP contribution in [0.4, 0.5) is 5.13 Å². The Hall–Kier alpha value is -1.55. The van der Waals surface area contributed by atoms with E-state index in [1.807, 2.05) is 29.6 Å². The molecule has 1 heterocycles. The average molecular weight is 262 g/mol. The van der Waals surface area contributed by atoms with E-state index in [9.17, 15) is 0 Å². The molecule has 3 nitrogen and oxygen atoms in total. The van der Waals surface area contributed by atoms with Crippen molar-refractivity contribution in [3.05, 3.63) is 29.6 Å². The zero-order valence-electron chi connectivity index (χ0n) is 10.7. The lowest BCUT2D eigenvalue weighted by molar-refractivity contribution is 0.289. The van der Waals surface area contributed by atoms with Gasteiger partial charge in [-0.1, -0.05) is 26.0 Å². The highest BCUT2D eigenvalue weighted by Gasteiger charge is 2.04. The van der Waals surface area contributed by atoms with Gasteiger partial charge >= 0.3 is 0 Å². The number of hydrogen-bond donors (Lipinski definition) is 1. The Bertz CT molecular complexity index is 508. The van der Waals surface area contributed by atoms with Crippen LogP contribution >= 0.6 is 11.3 Å². The van der Waals surface area contributed by atoms with Crippen molar-refractivity contribution in [3.8, 4) is 17.0 Å². The van der Waals surface area contributed by atoms with Gasteiger partial charge in [-0.3, -0.25) is 0 Å². The van der Waals surface area contributed by atoms with Crippen molar-refractivity contribution < 1.29 is 4.74 Å². The molecule has 1 aromatic heterocycles. The molecule has 0 atom stereocenters. The van der Waals surface area contributed by atoms with E-state index < -0.39 is 0 Å². The third-order valence-corrected chi connectivity index (χ3v) is 3.29. The van der Waals surface area contributed by atoms with Crippen molar-refractivity contribution in [2.45, 2.75) is 20.3 Å². The molecule has 18 heavy (non-hydrogen) atoms. The maximum Gasteiger partial charge on any atom is 0.180 e. The molecule has 96 valence electrons. The summed E-state index contributed by atoms with van der Waals surface area (Å²) in [4.78, 5) is 4.27. The minimum Gasteiger partial charge on any atom is -0.494 e. The summed E-state index contributed by atoms with van der Waals surface area (Å²) in [5.74, 6) is 1.55. The standard InChI is InChI=1S/C14H18N2OS/c1-10(2)6-7-17-12-5-3-4-11(8-12)13-9-18-14(15)16-13/h3-5,8-10H,6-7H2,1-2H3,(H2,15,16). The lowest BCUT2D eigenvalue weighted by atomic mass is 10.1. The van der Waals surface area contributed by atoms with Crippen LogP contribution in [0.1, 0.15) is 20.3 Å². The second-order valence-corrected chi connectivity index (χ2v) is 5.52. The molecule has 0 amide bonds. The number of ether oxygens (including phenoxy) is 1. The highest BCUT2D eigenvalue weighted by molar-refractivity contribution is 7.13. The first-order chi connectivity index (χ1) is 8.65. The van der Waals surface area contributed by atoms with Crippen molar-refractivity contribution >= 4 is 16.5 Å². The maximum atomic E-state index is 5.73. The molecule has 2 N–H and O–H groups in total. The van der Waals surface area contributed by atoms with Gasteiger partial charge in [-0.15, -0.1) is 11.3 Å². The molecule has 0 radical (unpaired) electrons. The summed E-state index contributed by atoms with van der Waals surface area (Å²) in [6.45, 7) is 5.13. The molecular weight excluding hydrogens is 244 g/mol. The van der Waals surface area contributed by atoms with Gasteiger partial charge in [0.1, 0.15) is 5.75 Å². The predicted molar refractivity (Wildman–Crippen MR) is 76.9 cm³/mol. The van der Waals surface area contributed by atoms with Crippen LogP contribution in [0.5, 0.6) is 5.75 Å². The fourth-order valence-corrected chi connectivity index (χ4v) is 2.15. The molecule has 0 aliphatic rings. The van der Waals surface area contributed by atoms with E-state index in [1.54, 1.807) is 0 Å². The van der Waals surface area contributed by atoms with Crippen molar-refractivity contribution in [3.63, 3.8) is 0 Å². The van der Waals surface area contributed by atoms with Gasteiger partial charge in [-0.2, -0.15) is 0 Å². The number of nitrogens with two attached hydrogens (primary N) is 1. The minimum absolute atomic E-state index is 0.594. The molecule has 0 aliphatic heterocycles. The molecule has 0 saturated heterocycles. The summed E-state index contributed by atoms with van der Waals surface area (Å²) in [7, 11) is 0. The summed E-state index contributed by atoms with van der Waals surface area (Å²) < 4.78 is 5.73. The number of rotatable bonds is 5. The topological polar surface area (TPSA) is 48.1 Å². The van der Waals surface area contributed by atoms with E-state index in [-0.39, 0.29) is 0 Å². The molecular formula is C14H18N2OS. The second kappa shape index (κ2) is 5.87. The Labute approximate surface area is 112 Å². The zero-order chi connectivity index (χ0) is 13.0. The van der Waals surface area contributed by atoms with Crippen LogP contribution in [-0.4, -0.2) is 11.6 Å². The second-order valence-electron chi connectivity index (χ2n) is 4.63. The normalized spacial score (nSPS) is 10.8. The van der Waals surface area contributed by atoms with E-state index in [1.165, 1.54) is 11.3 Å². The third kappa shape index (κ3) is 3.47. The number of hydrogen-bond acceptors (Lipinski definition) is 4. The quantitative estimate of drug-likeness (QED) is 0.891. The molecule has 2 rings (SSSR count). The first-order valence-electron chi connectivity index (χ1n) is 6.09. The van der Waals surface area contributed by atoms with Gasteiger partial charge < -0.3 is 10.5 Å². The van der Waals surface area contributed by atoms with Gasteiger partial charge in [0.25, 0.3) is 0 Å². The first-order valence-corrected chi connectivity index (χ1v) is 6.97. The largest absolute Gasteiger partial charge is 0.494 e. The Balaban J connectivity index is 2.05. The predicted octanol–water partition coefficient (Wildman–Crippen LogP) is 3.82. The van der Waals surface area contributed by atoms with Gasteiger partial charge in [0.2, 0.25) is 0 Å². The highest BCUT2D eigenvalue weighted by Crippen LogP contribution is 2.26. The van der Waals surface area contributed by atoms with Crippen molar-refractivity contribution in [1.29, 1.82) is 0 Å². The van der Waals surface area contributed by atoms with Gasteiger partial charge in [0.05, 0.1) is 12.3 Å². The number of anilines is 1. The molecule has 0 fully saturated rings. The Kier molecular flexibility index (Phi) is 4.20. The van der Waals surface area contributed by atoms with Crippen LogP contribution in [0.2, 0.25) is 0 Å². The fraction of sp³-hybridized carbons (Fsp3) is 0.357. The van der Waals surface area contributed by atoms with E-state index >= 15 is 0 Å². The minimum atomic E-state index is 0.594. The Morgan fingerprint density at radius 3 is 2.89 bits per heavy atom. The number of aromatic nitrogens is 1. The first kappa shape index (κ1) is 12.9. The van der Waals surface area contributed by atoms with E-state index in [0.29, 0.717) is 11.0 Å². The molecule has 2 aromatic rings. The van der Waals surface area contributed by atoms with Crippen molar-refractivity contribution in [2.75, 3.05) is 12.3 Å². The van der Waals surface area contributed by atoms with Crippen LogP contribution in [0.3, 0.4) is 0 Å². The maximum absolute atomic E-state index is 5.73. The third-order valence-electron chi connectivity index (χ3n) is 2.62. The van der Waals surface area contributed by atoms with Gasteiger partial charge in [0, 0.05) is 10.9 Å². The summed E-state index contributed by atoms with van der Waals surface area (Å²) in [5, 5.41) is 2.55. The van der Waals surface area contributed by atoms with Crippen LogP contribution in [-0.2, 0) is 0 Å². The van der Waals surface area contributed by atoms with Gasteiger partial charge in [-0.25, -0.2) is 4.98 Å². The lowest BCUT2D eigenvalue weighted by Gasteiger charge is -2.08. The average Bonchev–Trinajstić information content (AvgIpc) is 2.76. The summed E-state index contributed by atoms with van der Waals surface area (Å²) >= 11 is 1.45. The SMILES string of the molecule is CC(C)CCOc1cccc(-c2csc(N)n2)c1. The van der Waals surface area contributed by atoms with Crippen molar-refractivity contribution in [2.24, 2.45) is 5.92 Å². The number of nitrogens with zero attached hydrogens (tertiary/aromatic N) is 1. The van der Waals surface area contributed by atoms with Gasteiger partial charge in [0.15, 0.2) is 5.13 Å². The fourth-order valence-electron chi connectivity index (χ4n) is 1.58. The molecule has 0 saturated carbocycles. The molecule has 0 spiro atoms.